The van der Waals surface area contributed by atoms with Crippen LogP contribution in [-0.2, 0) is 0 Å². The molecule has 0 saturated carbocycles. The zero-order valence-electron chi connectivity index (χ0n) is 77.2. The van der Waals surface area contributed by atoms with E-state index in [1.807, 2.05) is 0 Å². The Morgan fingerprint density at radius 2 is 0.314 bits per heavy atom. The highest BCUT2D eigenvalue weighted by Crippen LogP contribution is 2.45. The molecule has 0 saturated heterocycles. The van der Waals surface area contributed by atoms with E-state index in [4.69, 9.17) is 0 Å². The van der Waals surface area contributed by atoms with Gasteiger partial charge in [-0.25, -0.2) is 0 Å². The first-order valence-corrected chi connectivity index (χ1v) is 43.7. The van der Waals surface area contributed by atoms with Crippen LogP contribution in [0.4, 0.5) is 0 Å². The summed E-state index contributed by atoms with van der Waals surface area (Å²) in [5, 5.41) is 3.91. The highest BCUT2D eigenvalue weighted by Gasteiger charge is 2.27. The smallest absolute Gasteiger partial charge is 0.0427 e. The van der Waals surface area contributed by atoms with Gasteiger partial charge in [0.25, 0.3) is 0 Å². The number of benzene rings is 11. The lowest BCUT2D eigenvalue weighted by Crippen LogP contribution is -2.20. The molecule has 0 nitrogen and oxygen atoms in total. The average molecular weight is 1600 g/mol. The predicted octanol–water partition coefficient (Wildman–Crippen LogP) is 29.4. The zero-order valence-corrected chi connectivity index (χ0v) is 78.1. The van der Waals surface area contributed by atoms with Crippen molar-refractivity contribution in [2.75, 3.05) is 0 Å². The monoisotopic (exact) mass is 1590 g/mol. The van der Waals surface area contributed by atoms with Crippen molar-refractivity contribution in [2.45, 2.75) is 187 Å². The van der Waals surface area contributed by atoms with Crippen LogP contribution in [0.3, 0.4) is 0 Å². The minimum atomic E-state index is -0.723. The topological polar surface area (TPSA) is 0 Å². The second kappa shape index (κ2) is 39.4. The largest absolute Gasteiger partial charge is 0.0920 e. The Bertz CT molecular complexity index is 5410. The van der Waals surface area contributed by atoms with Gasteiger partial charge in [-0.15, -0.1) is 0 Å². The molecule has 0 fully saturated rings. The van der Waals surface area contributed by atoms with Crippen molar-refractivity contribution in [1.82, 2.24) is 0 Å². The van der Waals surface area contributed by atoms with Crippen molar-refractivity contribution in [3.8, 4) is 173 Å². The van der Waals surface area contributed by atoms with Gasteiger partial charge >= 0.3 is 0 Å². The van der Waals surface area contributed by atoms with Crippen molar-refractivity contribution in [1.29, 1.82) is 0 Å². The summed E-state index contributed by atoms with van der Waals surface area (Å²) in [5.41, 5.74) is 22.0. The fourth-order valence-electron chi connectivity index (χ4n) is 12.0. The van der Waals surface area contributed by atoms with Crippen LogP contribution >= 0.6 is 7.92 Å². The van der Waals surface area contributed by atoms with Crippen LogP contribution in [0.25, 0.3) is 66.8 Å². The molecule has 1 heteroatoms. The van der Waals surface area contributed by atoms with E-state index in [-0.39, 0.29) is 48.7 Å². The van der Waals surface area contributed by atoms with Crippen LogP contribution in [0.5, 0.6) is 0 Å². The van der Waals surface area contributed by atoms with Crippen molar-refractivity contribution >= 4 is 23.8 Å². The molecule has 608 valence electrons. The molecule has 0 amide bonds. The summed E-state index contributed by atoms with van der Waals surface area (Å²) in [5.74, 6) is 61.7. The van der Waals surface area contributed by atoms with E-state index in [2.05, 4.69) is 548 Å². The SMILES string of the molecule is CC(C)(C)C#Cc1c(-c2ccccc2)c(C#CC(C)(C)C)c(-c2ccccc2)c(C#CC(C)(C)C)c1-c1ccccc1.CC(C)(C)C#Cc1ccc(-c2cc(-c3ccc(C#CC(C)(C)C)cc3)cc(-c3ccc(C#CC(C)(C)C)cc3)c2)cc1.CC(C)(C)C#Cc1ccc(P(c2ccc(C#CC(C)(C)C)cc2)c2ccc(C#CC(C)(C)C)cc2)cc1. The molecule has 11 aromatic carbocycles. The van der Waals surface area contributed by atoms with Gasteiger partial charge in [0.05, 0.1) is 0 Å². The maximum absolute atomic E-state index is 3.69. The molecule has 121 heavy (non-hydrogen) atoms. The molecule has 0 spiro atoms. The van der Waals surface area contributed by atoms with Crippen molar-refractivity contribution in [2.24, 2.45) is 48.7 Å². The van der Waals surface area contributed by atoms with Gasteiger partial charge in [0.2, 0.25) is 0 Å². The lowest BCUT2D eigenvalue weighted by Gasteiger charge is -2.23. The van der Waals surface area contributed by atoms with Crippen LogP contribution in [0, 0.1) is 155 Å². The standard InChI is InChI=1S/2C42H42.C36H39P/c1-40(2,3)25-22-31-10-16-34(17-11-31)37-28-38(35-18-12-32(13-19-35)23-26-41(4,5)6)30-39(29-37)36-20-14-33(15-21-36)24-27-42(7,8)9;1-40(2,3)28-25-34-37(31-19-13-10-14-20-31)35(26-29-41(4,5)6)39(33-23-17-12-18-24-33)36(27-30-42(7,8)9)38(34)32-21-15-11-16-22-32;1-34(2,3)25-22-28-10-16-31(17-11-28)37(32-18-12-29(13-19-32)23-26-35(4,5)6)33-20-14-30(15-21-33)24-27-36(7,8)9/h10-21,28-30H,1-9H3;10-24H,1-9H3;10-21H,1-9H3. The van der Waals surface area contributed by atoms with Crippen molar-refractivity contribution < 1.29 is 0 Å². The van der Waals surface area contributed by atoms with Gasteiger partial charge in [0.15, 0.2) is 0 Å². The summed E-state index contributed by atoms with van der Waals surface area (Å²) >= 11 is 0. The van der Waals surface area contributed by atoms with Gasteiger partial charge in [0, 0.05) is 115 Å². The Morgan fingerprint density at radius 1 is 0.157 bits per heavy atom. The first-order chi connectivity index (χ1) is 56.6. The molecule has 0 N–H and O–H groups in total. The normalized spacial score (nSPS) is 11.4. The highest BCUT2D eigenvalue weighted by atomic mass is 31.1. The summed E-state index contributed by atoms with van der Waals surface area (Å²) in [7, 11) is -0.723. The van der Waals surface area contributed by atoms with E-state index in [1.165, 1.54) is 49.3 Å². The number of hydrogen-bond acceptors (Lipinski definition) is 0. The van der Waals surface area contributed by atoms with Crippen molar-refractivity contribution in [3.63, 3.8) is 0 Å². The molecule has 11 aromatic rings. The second-order valence-electron chi connectivity index (χ2n) is 40.4. The minimum absolute atomic E-state index is 0.0133. The summed E-state index contributed by atoms with van der Waals surface area (Å²) < 4.78 is 0. The van der Waals surface area contributed by atoms with Gasteiger partial charge < -0.3 is 0 Å². The third-order valence-corrected chi connectivity index (χ3v) is 20.3. The minimum Gasteiger partial charge on any atom is -0.0920 e. The first kappa shape index (κ1) is 92.8. The molecule has 0 radical (unpaired) electrons. The lowest BCUT2D eigenvalue weighted by molar-refractivity contribution is 0.570. The summed E-state index contributed by atoms with van der Waals surface area (Å²) in [6.07, 6.45) is 0. The van der Waals surface area contributed by atoms with E-state index < -0.39 is 7.92 Å². The first-order valence-electron chi connectivity index (χ1n) is 42.3. The van der Waals surface area contributed by atoms with E-state index in [0.717, 1.165) is 83.5 Å². The van der Waals surface area contributed by atoms with Gasteiger partial charge in [-0.05, 0) is 352 Å². The average Bonchev–Trinajstić information content (AvgIpc) is 0.734. The zero-order chi connectivity index (χ0) is 88.4. The van der Waals surface area contributed by atoms with Crippen LogP contribution in [0.2, 0.25) is 0 Å². The number of hydrogen-bond donors (Lipinski definition) is 0. The maximum Gasteiger partial charge on any atom is 0.0427 e. The van der Waals surface area contributed by atoms with Crippen molar-refractivity contribution in [3.05, 3.63) is 305 Å². The van der Waals surface area contributed by atoms with E-state index >= 15 is 0 Å². The molecule has 0 aliphatic heterocycles. The molecule has 0 bridgehead atoms. The molecule has 0 heterocycles. The fraction of sp³-hybridized carbons (Fsp3) is 0.300. The third kappa shape index (κ3) is 30.9. The molecule has 0 unspecified atom stereocenters. The summed E-state index contributed by atoms with van der Waals surface area (Å²) in [6, 6.07) is 90.6. The molecular weight excluding hydrogens is 1470 g/mol. The van der Waals surface area contributed by atoms with Crippen LogP contribution < -0.4 is 15.9 Å². The Hall–Kier alpha value is -12.1. The lowest BCUT2D eigenvalue weighted by atomic mass is 9.78. The Morgan fingerprint density at radius 3 is 0.479 bits per heavy atom. The van der Waals surface area contributed by atoms with Gasteiger partial charge in [0.1, 0.15) is 0 Å². The second-order valence-corrected chi connectivity index (χ2v) is 42.6. The molecule has 0 aliphatic carbocycles. The Labute approximate surface area is 732 Å². The van der Waals surface area contributed by atoms with Crippen LogP contribution in [0.15, 0.2) is 255 Å². The molecule has 0 aliphatic rings. The predicted molar refractivity (Wildman–Crippen MR) is 528 cm³/mol. The van der Waals surface area contributed by atoms with E-state index in [9.17, 15) is 0 Å². The summed E-state index contributed by atoms with van der Waals surface area (Å²) in [6.45, 7) is 57.8. The molecule has 11 rings (SSSR count). The molecule has 0 atom stereocenters. The highest BCUT2D eigenvalue weighted by molar-refractivity contribution is 7.79. The summed E-state index contributed by atoms with van der Waals surface area (Å²) in [4.78, 5) is 0. The van der Waals surface area contributed by atoms with Gasteiger partial charge in [-0.1, -0.05) is 270 Å². The third-order valence-electron chi connectivity index (χ3n) is 17.8. The van der Waals surface area contributed by atoms with Crippen LogP contribution in [0.1, 0.15) is 237 Å². The molecular formula is C120H123P. The van der Waals surface area contributed by atoms with E-state index in [0.29, 0.717) is 0 Å². The molecule has 0 aromatic heterocycles. The van der Waals surface area contributed by atoms with Gasteiger partial charge in [-0.3, -0.25) is 0 Å². The van der Waals surface area contributed by atoms with Crippen LogP contribution in [-0.4, -0.2) is 0 Å². The Balaban J connectivity index is 0.000000207. The fourth-order valence-corrected chi connectivity index (χ4v) is 14.2. The van der Waals surface area contributed by atoms with Gasteiger partial charge in [-0.2, -0.15) is 0 Å². The Kier molecular flexibility index (Phi) is 30.2. The quantitative estimate of drug-likeness (QED) is 0.0998. The maximum atomic E-state index is 3.69. The van der Waals surface area contributed by atoms with E-state index in [1.54, 1.807) is 0 Å². The number of rotatable bonds is 9.